The summed E-state index contributed by atoms with van der Waals surface area (Å²) in [5.41, 5.74) is 1.74. The van der Waals surface area contributed by atoms with Crippen molar-refractivity contribution < 1.29 is 13.7 Å². The Morgan fingerprint density at radius 2 is 2.04 bits per heavy atom. The number of nitrogens with one attached hydrogen (secondary N) is 1. The standard InChI is InChI=1S/C19H19Cl2NO3S/c1-12(26(24)11-13-6-7-15(20)16(21)10-13)19(23)22-17-8-9-25-18-5-3-2-4-14(17)18/h2-7,10,12,17H,8-9,11H2,1H3,(H,22,23)/t12-,17+,26+/m1/s1. The molecule has 1 amide bonds. The second-order valence-corrected chi connectivity index (χ2v) is 8.72. The first-order valence-corrected chi connectivity index (χ1v) is 10.4. The van der Waals surface area contributed by atoms with Gasteiger partial charge in [0, 0.05) is 28.5 Å². The van der Waals surface area contributed by atoms with Crippen LogP contribution < -0.4 is 10.1 Å². The summed E-state index contributed by atoms with van der Waals surface area (Å²) in [5, 5.41) is 3.23. The summed E-state index contributed by atoms with van der Waals surface area (Å²) >= 11 is 11.9. The monoisotopic (exact) mass is 411 g/mol. The van der Waals surface area contributed by atoms with Gasteiger partial charge in [0.25, 0.3) is 0 Å². The molecule has 0 spiro atoms. The Morgan fingerprint density at radius 3 is 2.81 bits per heavy atom. The van der Waals surface area contributed by atoms with Gasteiger partial charge >= 0.3 is 0 Å². The molecule has 0 saturated carbocycles. The molecule has 0 fully saturated rings. The van der Waals surface area contributed by atoms with E-state index in [4.69, 9.17) is 27.9 Å². The zero-order chi connectivity index (χ0) is 18.7. The molecule has 138 valence electrons. The molecular weight excluding hydrogens is 393 g/mol. The van der Waals surface area contributed by atoms with E-state index in [2.05, 4.69) is 5.32 Å². The molecule has 1 N–H and O–H groups in total. The Bertz CT molecular complexity index is 843. The Labute approximate surface area is 165 Å². The summed E-state index contributed by atoms with van der Waals surface area (Å²) in [6, 6.07) is 12.6. The first kappa shape index (κ1) is 19.2. The van der Waals surface area contributed by atoms with E-state index in [1.165, 1.54) is 0 Å². The van der Waals surface area contributed by atoms with Crippen LogP contribution in [0, 0.1) is 0 Å². The molecule has 2 aromatic carbocycles. The fourth-order valence-electron chi connectivity index (χ4n) is 2.82. The lowest BCUT2D eigenvalue weighted by Gasteiger charge is -2.27. The molecular formula is C19H19Cl2NO3S. The van der Waals surface area contributed by atoms with Crippen molar-refractivity contribution >= 4 is 39.9 Å². The van der Waals surface area contributed by atoms with Gasteiger partial charge in [0.1, 0.15) is 11.0 Å². The Morgan fingerprint density at radius 1 is 1.27 bits per heavy atom. The molecule has 0 saturated heterocycles. The van der Waals surface area contributed by atoms with Crippen molar-refractivity contribution in [2.75, 3.05) is 6.61 Å². The van der Waals surface area contributed by atoms with Crippen molar-refractivity contribution in [2.24, 2.45) is 0 Å². The topological polar surface area (TPSA) is 55.4 Å². The van der Waals surface area contributed by atoms with Crippen molar-refractivity contribution in [1.29, 1.82) is 0 Å². The van der Waals surface area contributed by atoms with E-state index in [1.807, 2.05) is 24.3 Å². The molecule has 7 heteroatoms. The predicted octanol–water partition coefficient (Wildman–Crippen LogP) is 4.27. The Kier molecular flexibility index (Phi) is 6.22. The van der Waals surface area contributed by atoms with Gasteiger partial charge in [0.05, 0.1) is 22.7 Å². The van der Waals surface area contributed by atoms with Gasteiger partial charge in [0.2, 0.25) is 5.91 Å². The average molecular weight is 412 g/mol. The van der Waals surface area contributed by atoms with Crippen LogP contribution in [-0.2, 0) is 21.3 Å². The summed E-state index contributed by atoms with van der Waals surface area (Å²) in [6.07, 6.45) is 0.689. The van der Waals surface area contributed by atoms with Crippen LogP contribution in [0.4, 0.5) is 0 Å². The minimum absolute atomic E-state index is 0.128. The molecule has 0 aromatic heterocycles. The lowest BCUT2D eigenvalue weighted by Crippen LogP contribution is -2.39. The number of benzene rings is 2. The van der Waals surface area contributed by atoms with Crippen LogP contribution in [0.2, 0.25) is 10.0 Å². The summed E-state index contributed by atoms with van der Waals surface area (Å²) in [6.45, 7) is 2.22. The Hall–Kier alpha value is -1.56. The number of hydrogen-bond donors (Lipinski definition) is 1. The van der Waals surface area contributed by atoms with Gasteiger partial charge in [0.15, 0.2) is 0 Å². The summed E-state index contributed by atoms with van der Waals surface area (Å²) < 4.78 is 18.2. The molecule has 2 aromatic rings. The number of hydrogen-bond acceptors (Lipinski definition) is 3. The third kappa shape index (κ3) is 4.40. The SMILES string of the molecule is C[C@H](C(=O)N[C@H]1CCOc2ccccc21)[S@@](=O)Cc1ccc(Cl)c(Cl)c1. The van der Waals surface area contributed by atoms with Crippen LogP contribution in [0.25, 0.3) is 0 Å². The first-order valence-electron chi connectivity index (χ1n) is 8.29. The summed E-state index contributed by atoms with van der Waals surface area (Å²) in [4.78, 5) is 12.6. The normalized spacial score (nSPS) is 18.3. The average Bonchev–Trinajstić information content (AvgIpc) is 2.64. The fourth-order valence-corrected chi connectivity index (χ4v) is 4.20. The second kappa shape index (κ2) is 8.42. The fraction of sp³-hybridized carbons (Fsp3) is 0.316. The summed E-state index contributed by atoms with van der Waals surface area (Å²) in [7, 11) is -1.37. The minimum Gasteiger partial charge on any atom is -0.493 e. The number of halogens is 2. The maximum Gasteiger partial charge on any atom is 0.235 e. The van der Waals surface area contributed by atoms with Crippen molar-refractivity contribution in [1.82, 2.24) is 5.32 Å². The number of fused-ring (bicyclic) bond motifs is 1. The van der Waals surface area contributed by atoms with E-state index >= 15 is 0 Å². The number of carbonyl (C=O) groups is 1. The number of ether oxygens (including phenoxy) is 1. The maximum atomic E-state index is 12.6. The molecule has 0 aliphatic carbocycles. The lowest BCUT2D eigenvalue weighted by molar-refractivity contribution is -0.121. The van der Waals surface area contributed by atoms with Gasteiger partial charge in [-0.25, -0.2) is 0 Å². The zero-order valence-corrected chi connectivity index (χ0v) is 16.5. The van der Waals surface area contributed by atoms with E-state index in [0.29, 0.717) is 23.1 Å². The molecule has 3 rings (SSSR count). The molecule has 26 heavy (non-hydrogen) atoms. The van der Waals surface area contributed by atoms with Crippen molar-refractivity contribution in [3.63, 3.8) is 0 Å². The molecule has 0 bridgehead atoms. The lowest BCUT2D eigenvalue weighted by atomic mass is 10.0. The van der Waals surface area contributed by atoms with Gasteiger partial charge < -0.3 is 10.1 Å². The van der Waals surface area contributed by atoms with Gasteiger partial charge in [-0.3, -0.25) is 9.00 Å². The van der Waals surface area contributed by atoms with Crippen LogP contribution in [-0.4, -0.2) is 22.0 Å². The second-order valence-electron chi connectivity index (χ2n) is 6.15. The third-order valence-corrected chi connectivity index (χ3v) is 6.69. The maximum absolute atomic E-state index is 12.6. The molecule has 1 heterocycles. The van der Waals surface area contributed by atoms with E-state index in [1.54, 1.807) is 25.1 Å². The highest BCUT2D eigenvalue weighted by molar-refractivity contribution is 7.85. The van der Waals surface area contributed by atoms with Crippen molar-refractivity contribution in [3.8, 4) is 5.75 Å². The molecule has 1 aliphatic heterocycles. The smallest absolute Gasteiger partial charge is 0.235 e. The third-order valence-electron chi connectivity index (χ3n) is 4.33. The molecule has 0 unspecified atom stereocenters. The largest absolute Gasteiger partial charge is 0.493 e. The number of rotatable bonds is 5. The van der Waals surface area contributed by atoms with Gasteiger partial charge in [-0.05, 0) is 30.7 Å². The van der Waals surface area contributed by atoms with E-state index in [-0.39, 0.29) is 17.7 Å². The highest BCUT2D eigenvalue weighted by Crippen LogP contribution is 2.31. The van der Waals surface area contributed by atoms with Gasteiger partial charge in [-0.15, -0.1) is 0 Å². The quantitative estimate of drug-likeness (QED) is 0.798. The molecule has 3 atom stereocenters. The molecule has 4 nitrogen and oxygen atoms in total. The van der Waals surface area contributed by atoms with Crippen LogP contribution >= 0.6 is 23.2 Å². The van der Waals surface area contributed by atoms with Crippen LogP contribution in [0.1, 0.15) is 30.5 Å². The number of amides is 1. The van der Waals surface area contributed by atoms with Crippen LogP contribution in [0.15, 0.2) is 42.5 Å². The highest BCUT2D eigenvalue weighted by atomic mass is 35.5. The first-order chi connectivity index (χ1) is 12.5. The van der Waals surface area contributed by atoms with Gasteiger partial charge in [-0.2, -0.15) is 0 Å². The zero-order valence-electron chi connectivity index (χ0n) is 14.2. The van der Waals surface area contributed by atoms with E-state index in [0.717, 1.165) is 16.9 Å². The van der Waals surface area contributed by atoms with E-state index in [9.17, 15) is 9.00 Å². The minimum atomic E-state index is -1.37. The predicted molar refractivity (Wildman–Crippen MR) is 105 cm³/mol. The van der Waals surface area contributed by atoms with E-state index < -0.39 is 16.0 Å². The highest BCUT2D eigenvalue weighted by Gasteiger charge is 2.27. The Balaban J connectivity index is 1.64. The molecule has 1 aliphatic rings. The number of para-hydroxylation sites is 1. The summed E-state index contributed by atoms with van der Waals surface area (Å²) in [5.74, 6) is 0.800. The number of carbonyl (C=O) groups excluding carboxylic acids is 1. The molecule has 0 radical (unpaired) electrons. The van der Waals surface area contributed by atoms with Crippen LogP contribution in [0.5, 0.6) is 5.75 Å². The van der Waals surface area contributed by atoms with Gasteiger partial charge in [-0.1, -0.05) is 47.5 Å². The van der Waals surface area contributed by atoms with Crippen LogP contribution in [0.3, 0.4) is 0 Å². The van der Waals surface area contributed by atoms with Crippen molar-refractivity contribution in [2.45, 2.75) is 30.4 Å². The van der Waals surface area contributed by atoms with Crippen molar-refractivity contribution in [3.05, 3.63) is 63.6 Å².